The number of carbonyl (C=O) groups excluding carboxylic acids is 3. The van der Waals surface area contributed by atoms with Crippen LogP contribution < -0.4 is 5.32 Å². The average Bonchev–Trinajstić information content (AvgIpc) is 3.10. The van der Waals surface area contributed by atoms with Gasteiger partial charge in [0.15, 0.2) is 5.78 Å². The van der Waals surface area contributed by atoms with Crippen LogP contribution in [0.2, 0.25) is 0 Å². The second-order valence-corrected chi connectivity index (χ2v) is 7.65. The van der Waals surface area contributed by atoms with E-state index in [0.29, 0.717) is 11.3 Å². The quantitative estimate of drug-likeness (QED) is 0.680. The van der Waals surface area contributed by atoms with Gasteiger partial charge in [-0.2, -0.15) is 0 Å². The molecule has 1 aromatic rings. The standard InChI is InChI=1S/C17H22N2O3S/c1-3-12-7-8-14(23-12)13(20)10-19-15(21)17(18-16(19)22)9-5-4-6-11(17)2/h7-8,11H,3-6,9-10H2,1-2H3,(H,18,22)/t11-,17-/m0/s1. The molecule has 23 heavy (non-hydrogen) atoms. The molecular weight excluding hydrogens is 312 g/mol. The van der Waals surface area contributed by atoms with Crippen LogP contribution in [0.3, 0.4) is 0 Å². The largest absolute Gasteiger partial charge is 0.325 e. The molecule has 2 heterocycles. The number of carbonyl (C=O) groups is 3. The molecule has 5 nitrogen and oxygen atoms in total. The molecule has 1 saturated carbocycles. The smallest absolute Gasteiger partial charge is 0.323 e. The van der Waals surface area contributed by atoms with Gasteiger partial charge in [-0.15, -0.1) is 11.3 Å². The fourth-order valence-electron chi connectivity index (χ4n) is 3.58. The first-order valence-corrected chi connectivity index (χ1v) is 9.05. The Kier molecular flexibility index (Phi) is 4.27. The summed E-state index contributed by atoms with van der Waals surface area (Å²) >= 11 is 1.44. The van der Waals surface area contributed by atoms with E-state index in [1.807, 2.05) is 19.9 Å². The Bertz CT molecular complexity index is 654. The summed E-state index contributed by atoms with van der Waals surface area (Å²) in [5, 5.41) is 2.88. The maximum Gasteiger partial charge on any atom is 0.325 e. The molecule has 2 aliphatic rings. The first-order valence-electron chi connectivity index (χ1n) is 8.24. The monoisotopic (exact) mass is 334 g/mol. The van der Waals surface area contributed by atoms with E-state index < -0.39 is 11.6 Å². The molecule has 1 spiro atoms. The summed E-state index contributed by atoms with van der Waals surface area (Å²) in [6.45, 7) is 3.88. The normalized spacial score (nSPS) is 27.6. The van der Waals surface area contributed by atoms with Gasteiger partial charge in [0, 0.05) is 4.88 Å². The van der Waals surface area contributed by atoms with E-state index in [9.17, 15) is 14.4 Å². The Hall–Kier alpha value is -1.69. The molecule has 2 atom stereocenters. The summed E-state index contributed by atoms with van der Waals surface area (Å²) in [6, 6.07) is 3.28. The predicted molar refractivity (Wildman–Crippen MR) is 88.6 cm³/mol. The molecule has 1 aliphatic heterocycles. The number of amides is 3. The Balaban J connectivity index is 1.76. The predicted octanol–water partition coefficient (Wildman–Crippen LogP) is 2.99. The van der Waals surface area contributed by atoms with Crippen molar-refractivity contribution >= 4 is 29.1 Å². The lowest BCUT2D eigenvalue weighted by atomic mass is 9.73. The van der Waals surface area contributed by atoms with Crippen molar-refractivity contribution in [1.82, 2.24) is 10.2 Å². The van der Waals surface area contributed by atoms with Crippen molar-refractivity contribution in [3.8, 4) is 0 Å². The van der Waals surface area contributed by atoms with Crippen LogP contribution in [0.25, 0.3) is 0 Å². The molecule has 3 rings (SSSR count). The van der Waals surface area contributed by atoms with Crippen molar-refractivity contribution in [2.45, 2.75) is 51.5 Å². The second kappa shape index (κ2) is 6.07. The SMILES string of the molecule is CCc1ccc(C(=O)CN2C(=O)N[C@]3(CCCC[C@@H]3C)C2=O)s1. The molecule has 0 radical (unpaired) electrons. The van der Waals surface area contributed by atoms with Crippen molar-refractivity contribution in [1.29, 1.82) is 0 Å². The molecular formula is C17H22N2O3S. The third-order valence-corrected chi connectivity index (χ3v) is 6.36. The van der Waals surface area contributed by atoms with E-state index in [4.69, 9.17) is 0 Å². The highest BCUT2D eigenvalue weighted by molar-refractivity contribution is 7.14. The molecule has 1 aliphatic carbocycles. The molecule has 1 N–H and O–H groups in total. The van der Waals surface area contributed by atoms with E-state index in [1.54, 1.807) is 6.07 Å². The van der Waals surface area contributed by atoms with Gasteiger partial charge in [-0.1, -0.05) is 26.7 Å². The number of nitrogens with zero attached hydrogens (tertiary/aromatic N) is 1. The van der Waals surface area contributed by atoms with Gasteiger partial charge in [0.1, 0.15) is 5.54 Å². The Labute approximate surface area is 140 Å². The first-order chi connectivity index (χ1) is 11.0. The zero-order chi connectivity index (χ0) is 16.6. The average molecular weight is 334 g/mol. The van der Waals surface area contributed by atoms with Crippen LogP contribution in [0.5, 0.6) is 0 Å². The summed E-state index contributed by atoms with van der Waals surface area (Å²) in [7, 11) is 0. The molecule has 1 aromatic heterocycles. The van der Waals surface area contributed by atoms with Gasteiger partial charge in [-0.3, -0.25) is 14.5 Å². The van der Waals surface area contributed by atoms with Crippen LogP contribution in [0.4, 0.5) is 4.79 Å². The van der Waals surface area contributed by atoms with E-state index in [2.05, 4.69) is 5.32 Å². The van der Waals surface area contributed by atoms with Gasteiger partial charge < -0.3 is 5.32 Å². The third kappa shape index (κ3) is 2.69. The summed E-state index contributed by atoms with van der Waals surface area (Å²) in [4.78, 5) is 40.4. The Morgan fingerprint density at radius 2 is 2.17 bits per heavy atom. The van der Waals surface area contributed by atoms with Gasteiger partial charge in [-0.25, -0.2) is 4.79 Å². The van der Waals surface area contributed by atoms with Gasteiger partial charge >= 0.3 is 6.03 Å². The third-order valence-electron chi connectivity index (χ3n) is 5.09. The van der Waals surface area contributed by atoms with Gasteiger partial charge in [0.05, 0.1) is 11.4 Å². The number of thiophene rings is 1. The van der Waals surface area contributed by atoms with E-state index in [0.717, 1.165) is 35.5 Å². The number of Topliss-reactive ketones (excluding diaryl/α,β-unsaturated/α-hetero) is 1. The number of ketones is 1. The first kappa shape index (κ1) is 16.2. The van der Waals surface area contributed by atoms with Crippen LogP contribution >= 0.6 is 11.3 Å². The molecule has 2 fully saturated rings. The minimum atomic E-state index is -0.792. The summed E-state index contributed by atoms with van der Waals surface area (Å²) < 4.78 is 0. The molecule has 124 valence electrons. The lowest BCUT2D eigenvalue weighted by Gasteiger charge is -2.36. The molecule has 6 heteroatoms. The Morgan fingerprint density at radius 3 is 2.83 bits per heavy atom. The number of rotatable bonds is 4. The Morgan fingerprint density at radius 1 is 1.39 bits per heavy atom. The maximum absolute atomic E-state index is 12.8. The summed E-state index contributed by atoms with van der Waals surface area (Å²) in [5.74, 6) is -0.282. The topological polar surface area (TPSA) is 66.5 Å². The summed E-state index contributed by atoms with van der Waals surface area (Å²) in [6.07, 6.45) is 4.49. The van der Waals surface area contributed by atoms with Crippen LogP contribution in [0.1, 0.15) is 54.1 Å². The number of aryl methyl sites for hydroxylation is 1. The van der Waals surface area contributed by atoms with Gasteiger partial charge in [0.2, 0.25) is 0 Å². The number of hydrogen-bond donors (Lipinski definition) is 1. The van der Waals surface area contributed by atoms with Crippen LogP contribution in [0.15, 0.2) is 12.1 Å². The van der Waals surface area contributed by atoms with E-state index >= 15 is 0 Å². The number of imide groups is 1. The highest BCUT2D eigenvalue weighted by Gasteiger charge is 2.55. The van der Waals surface area contributed by atoms with Crippen molar-refractivity contribution < 1.29 is 14.4 Å². The number of nitrogens with one attached hydrogen (secondary N) is 1. The number of urea groups is 1. The maximum atomic E-state index is 12.8. The second-order valence-electron chi connectivity index (χ2n) is 6.48. The minimum Gasteiger partial charge on any atom is -0.323 e. The highest BCUT2D eigenvalue weighted by Crippen LogP contribution is 2.38. The molecule has 1 saturated heterocycles. The van der Waals surface area contributed by atoms with Crippen molar-refractivity contribution in [3.63, 3.8) is 0 Å². The van der Waals surface area contributed by atoms with Crippen molar-refractivity contribution in [2.75, 3.05) is 6.54 Å². The van der Waals surface area contributed by atoms with E-state index in [1.165, 1.54) is 11.3 Å². The van der Waals surface area contributed by atoms with Crippen LogP contribution in [-0.2, 0) is 11.2 Å². The molecule has 3 amide bonds. The van der Waals surface area contributed by atoms with Gasteiger partial charge in [0.25, 0.3) is 5.91 Å². The van der Waals surface area contributed by atoms with Crippen molar-refractivity contribution in [3.05, 3.63) is 21.9 Å². The lowest BCUT2D eigenvalue weighted by molar-refractivity contribution is -0.133. The minimum absolute atomic E-state index is 0.112. The van der Waals surface area contributed by atoms with E-state index in [-0.39, 0.29) is 24.2 Å². The fourth-order valence-corrected chi connectivity index (χ4v) is 4.46. The number of hydrogen-bond acceptors (Lipinski definition) is 4. The molecule has 0 bridgehead atoms. The zero-order valence-electron chi connectivity index (χ0n) is 13.6. The molecule has 0 aromatic carbocycles. The van der Waals surface area contributed by atoms with Crippen molar-refractivity contribution in [2.24, 2.45) is 5.92 Å². The highest BCUT2D eigenvalue weighted by atomic mass is 32.1. The zero-order valence-corrected chi connectivity index (χ0v) is 14.4. The lowest BCUT2D eigenvalue weighted by Crippen LogP contribution is -2.54. The fraction of sp³-hybridized carbons (Fsp3) is 0.588. The summed E-state index contributed by atoms with van der Waals surface area (Å²) in [5.41, 5.74) is -0.792. The van der Waals surface area contributed by atoms with Crippen LogP contribution in [0, 0.1) is 5.92 Å². The van der Waals surface area contributed by atoms with Crippen LogP contribution in [-0.4, -0.2) is 34.7 Å². The van der Waals surface area contributed by atoms with Gasteiger partial charge in [-0.05, 0) is 37.3 Å². The molecule has 0 unspecified atom stereocenters.